The zero-order valence-electron chi connectivity index (χ0n) is 18.3. The average Bonchev–Trinajstić information content (AvgIpc) is 3.24. The molecule has 0 amide bonds. The van der Waals surface area contributed by atoms with Gasteiger partial charge < -0.3 is 9.64 Å². The van der Waals surface area contributed by atoms with Gasteiger partial charge in [0.2, 0.25) is 5.95 Å². The maximum atomic E-state index is 14.7. The van der Waals surface area contributed by atoms with Crippen LogP contribution in [0.3, 0.4) is 0 Å². The highest BCUT2D eigenvalue weighted by Crippen LogP contribution is 2.30. The van der Waals surface area contributed by atoms with Crippen molar-refractivity contribution in [3.8, 4) is 11.3 Å². The number of nitrogens with zero attached hydrogens (tertiary/aromatic N) is 7. The Balaban J connectivity index is 1.67. The molecule has 9 nitrogen and oxygen atoms in total. The van der Waals surface area contributed by atoms with Gasteiger partial charge in [0, 0.05) is 44.0 Å². The number of aromatic nitrogens is 6. The molecule has 170 valence electrons. The number of morpholine rings is 1. The third-order valence-electron chi connectivity index (χ3n) is 5.77. The Kier molecular flexibility index (Phi) is 5.12. The molecule has 0 N–H and O–H groups in total. The van der Waals surface area contributed by atoms with Gasteiger partial charge >= 0.3 is 0 Å². The normalized spacial score (nSPS) is 16.5. The van der Waals surface area contributed by atoms with Crippen molar-refractivity contribution in [2.45, 2.75) is 13.0 Å². The van der Waals surface area contributed by atoms with Gasteiger partial charge in [-0.2, -0.15) is 5.10 Å². The smallest absolute Gasteiger partial charge is 0.279 e. The maximum Gasteiger partial charge on any atom is 0.279 e. The lowest BCUT2D eigenvalue weighted by atomic mass is 10.1. The van der Waals surface area contributed by atoms with Crippen molar-refractivity contribution in [2.75, 3.05) is 24.6 Å². The summed E-state index contributed by atoms with van der Waals surface area (Å²) >= 11 is 0. The van der Waals surface area contributed by atoms with Gasteiger partial charge in [-0.05, 0) is 19.1 Å². The minimum Gasteiger partial charge on any atom is -0.370 e. The van der Waals surface area contributed by atoms with Crippen molar-refractivity contribution in [1.82, 2.24) is 29.3 Å². The van der Waals surface area contributed by atoms with Crippen molar-refractivity contribution in [1.29, 1.82) is 0 Å². The Bertz CT molecular complexity index is 1430. The van der Waals surface area contributed by atoms with Gasteiger partial charge in [-0.25, -0.2) is 23.7 Å². The number of ether oxygens (including phenoxy) is 1. The number of hydrogen-bond donors (Lipinski definition) is 0. The van der Waals surface area contributed by atoms with Crippen LogP contribution in [0.1, 0.15) is 17.5 Å². The van der Waals surface area contributed by atoms with Crippen LogP contribution in [0.25, 0.3) is 22.3 Å². The van der Waals surface area contributed by atoms with Crippen LogP contribution in [-0.4, -0.2) is 49.0 Å². The number of fused-ring (bicyclic) bond motifs is 1. The third kappa shape index (κ3) is 3.74. The van der Waals surface area contributed by atoms with E-state index in [1.54, 1.807) is 24.9 Å². The second-order valence-electron chi connectivity index (χ2n) is 7.97. The molecule has 1 aliphatic heterocycles. The molecule has 3 aromatic heterocycles. The molecular formula is C22H21F2N7O2. The topological polar surface area (TPSA) is 91.0 Å². The third-order valence-corrected chi connectivity index (χ3v) is 5.77. The van der Waals surface area contributed by atoms with Crippen LogP contribution in [0, 0.1) is 18.6 Å². The van der Waals surface area contributed by atoms with Gasteiger partial charge in [-0.1, -0.05) is 0 Å². The van der Waals surface area contributed by atoms with Gasteiger partial charge in [0.15, 0.2) is 5.52 Å². The molecule has 5 rings (SSSR count). The first kappa shape index (κ1) is 21.1. The van der Waals surface area contributed by atoms with Crippen LogP contribution < -0.4 is 10.5 Å². The fraction of sp³-hybridized carbons (Fsp3) is 0.318. The Morgan fingerprint density at radius 2 is 1.94 bits per heavy atom. The van der Waals surface area contributed by atoms with Crippen molar-refractivity contribution < 1.29 is 13.5 Å². The SMILES string of the molecule is Cc1nc2c(-c3ccc(F)cc3F)nc(N3CCO[C@@H](c4cnn(C)c4)C3)nc2c(=O)n1C. The van der Waals surface area contributed by atoms with Gasteiger partial charge in [0.05, 0.1) is 19.3 Å². The first-order valence-electron chi connectivity index (χ1n) is 10.4. The molecule has 11 heteroatoms. The minimum atomic E-state index is -0.795. The van der Waals surface area contributed by atoms with Crippen LogP contribution in [0.5, 0.6) is 0 Å². The number of hydrogen-bond acceptors (Lipinski definition) is 7. The monoisotopic (exact) mass is 453 g/mol. The van der Waals surface area contributed by atoms with Crippen LogP contribution in [0.2, 0.25) is 0 Å². The van der Waals surface area contributed by atoms with E-state index in [2.05, 4.69) is 20.1 Å². The van der Waals surface area contributed by atoms with Crippen molar-refractivity contribution in [2.24, 2.45) is 14.1 Å². The number of rotatable bonds is 3. The van der Waals surface area contributed by atoms with Gasteiger partial charge in [-0.3, -0.25) is 14.0 Å². The molecule has 0 unspecified atom stereocenters. The highest BCUT2D eigenvalue weighted by Gasteiger charge is 2.27. The highest BCUT2D eigenvalue weighted by molar-refractivity contribution is 5.89. The summed E-state index contributed by atoms with van der Waals surface area (Å²) in [6.07, 6.45) is 3.34. The zero-order valence-corrected chi connectivity index (χ0v) is 18.3. The van der Waals surface area contributed by atoms with E-state index in [4.69, 9.17) is 4.74 Å². The summed E-state index contributed by atoms with van der Waals surface area (Å²) in [5, 5.41) is 4.19. The fourth-order valence-corrected chi connectivity index (χ4v) is 3.89. The van der Waals surface area contributed by atoms with E-state index in [0.717, 1.165) is 17.7 Å². The number of anilines is 1. The molecule has 33 heavy (non-hydrogen) atoms. The minimum absolute atomic E-state index is 0.0438. The summed E-state index contributed by atoms with van der Waals surface area (Å²) < 4.78 is 37.3. The quantitative estimate of drug-likeness (QED) is 0.470. The van der Waals surface area contributed by atoms with Gasteiger partial charge in [0.1, 0.15) is 34.8 Å². The fourth-order valence-electron chi connectivity index (χ4n) is 3.89. The predicted octanol–water partition coefficient (Wildman–Crippen LogP) is 2.29. The molecule has 0 saturated carbocycles. The van der Waals surface area contributed by atoms with Crippen molar-refractivity contribution in [3.05, 3.63) is 64.0 Å². The molecule has 0 radical (unpaired) electrons. The van der Waals surface area contributed by atoms with Crippen LogP contribution in [0.15, 0.2) is 35.4 Å². The highest BCUT2D eigenvalue weighted by atomic mass is 19.1. The molecule has 1 atom stereocenters. The summed E-state index contributed by atoms with van der Waals surface area (Å²) in [7, 11) is 3.42. The van der Waals surface area contributed by atoms with Crippen molar-refractivity contribution >= 4 is 17.0 Å². The van der Waals surface area contributed by atoms with E-state index < -0.39 is 11.6 Å². The molecule has 0 aliphatic carbocycles. The number of halogens is 2. The van der Waals surface area contributed by atoms with Crippen LogP contribution in [-0.2, 0) is 18.8 Å². The Labute approximate surface area is 187 Å². The lowest BCUT2D eigenvalue weighted by Gasteiger charge is -2.32. The molecule has 1 saturated heterocycles. The second kappa shape index (κ2) is 8.00. The summed E-state index contributed by atoms with van der Waals surface area (Å²) in [5.41, 5.74) is 0.946. The van der Waals surface area contributed by atoms with Gasteiger partial charge in [0.25, 0.3) is 5.56 Å². The summed E-state index contributed by atoms with van der Waals surface area (Å²) in [4.78, 5) is 28.5. The molecule has 1 aliphatic rings. The van der Waals surface area contributed by atoms with E-state index in [9.17, 15) is 13.6 Å². The zero-order chi connectivity index (χ0) is 23.3. The van der Waals surface area contributed by atoms with Crippen molar-refractivity contribution in [3.63, 3.8) is 0 Å². The molecule has 1 aromatic carbocycles. The molecule has 4 heterocycles. The van der Waals surface area contributed by atoms with E-state index in [0.29, 0.717) is 25.5 Å². The summed E-state index contributed by atoms with van der Waals surface area (Å²) in [6.45, 7) is 2.97. The average molecular weight is 453 g/mol. The Morgan fingerprint density at radius 3 is 2.67 bits per heavy atom. The Morgan fingerprint density at radius 1 is 1.12 bits per heavy atom. The maximum absolute atomic E-state index is 14.7. The Hall–Kier alpha value is -3.73. The molecule has 0 spiro atoms. The van der Waals surface area contributed by atoms with E-state index in [-0.39, 0.29) is 39.9 Å². The lowest BCUT2D eigenvalue weighted by Crippen LogP contribution is -2.39. The van der Waals surface area contributed by atoms with Crippen LogP contribution >= 0.6 is 0 Å². The second-order valence-corrected chi connectivity index (χ2v) is 7.97. The lowest BCUT2D eigenvalue weighted by molar-refractivity contribution is 0.0392. The van der Waals surface area contributed by atoms with E-state index in [1.165, 1.54) is 10.6 Å². The standard InChI is InChI=1S/C22H21F2N7O2/c1-12-26-19-18(15-5-4-14(23)8-16(15)24)27-22(28-20(19)21(32)30(12)3)31-6-7-33-17(11-31)13-9-25-29(2)10-13/h4-5,8-10,17H,6-7,11H2,1-3H3/t17-/m1/s1. The van der Waals surface area contributed by atoms with E-state index >= 15 is 0 Å². The van der Waals surface area contributed by atoms with E-state index in [1.807, 2.05) is 18.1 Å². The summed E-state index contributed by atoms with van der Waals surface area (Å²) in [6, 6.07) is 3.22. The first-order chi connectivity index (χ1) is 15.8. The molecule has 4 aromatic rings. The first-order valence-corrected chi connectivity index (χ1v) is 10.4. The van der Waals surface area contributed by atoms with Gasteiger partial charge in [-0.15, -0.1) is 0 Å². The predicted molar refractivity (Wildman–Crippen MR) is 117 cm³/mol. The number of benzene rings is 1. The molecule has 1 fully saturated rings. The molecule has 0 bridgehead atoms. The summed E-state index contributed by atoms with van der Waals surface area (Å²) in [5.74, 6) is -0.824. The van der Waals surface area contributed by atoms with Crippen LogP contribution in [0.4, 0.5) is 14.7 Å². The largest absolute Gasteiger partial charge is 0.370 e. The molecular weight excluding hydrogens is 432 g/mol. The number of aryl methyl sites for hydroxylation is 2.